The number of hydrogen-bond acceptors (Lipinski definition) is 6. The smallest absolute Gasteiger partial charge is 0.241 e. The molecule has 1 aromatic carbocycles. The van der Waals surface area contributed by atoms with Gasteiger partial charge in [0.25, 0.3) is 0 Å². The van der Waals surface area contributed by atoms with Crippen molar-refractivity contribution in [2.45, 2.75) is 38.3 Å². The van der Waals surface area contributed by atoms with E-state index in [4.69, 9.17) is 10.3 Å². The average molecular weight is 366 g/mol. The lowest BCUT2D eigenvalue weighted by molar-refractivity contribution is 0.263. The Kier molecular flexibility index (Phi) is 4.80. The van der Waals surface area contributed by atoms with E-state index in [0.29, 0.717) is 24.2 Å². The number of imidazole rings is 1. The predicted molar refractivity (Wildman–Crippen MR) is 103 cm³/mol. The van der Waals surface area contributed by atoms with Gasteiger partial charge in [0.2, 0.25) is 11.7 Å². The van der Waals surface area contributed by atoms with E-state index in [9.17, 15) is 0 Å². The molecular formula is C20H26N6O. The molecule has 2 aromatic heterocycles. The van der Waals surface area contributed by atoms with Gasteiger partial charge in [0.05, 0.1) is 6.54 Å². The summed E-state index contributed by atoms with van der Waals surface area (Å²) in [7, 11) is 2.01. The van der Waals surface area contributed by atoms with Crippen LogP contribution in [0, 0.1) is 0 Å². The summed E-state index contributed by atoms with van der Waals surface area (Å²) in [5, 5.41) is 4.14. The number of benzene rings is 1. The second kappa shape index (κ2) is 7.25. The maximum absolute atomic E-state index is 6.36. The summed E-state index contributed by atoms with van der Waals surface area (Å²) >= 11 is 0. The van der Waals surface area contributed by atoms with Crippen LogP contribution in [0.5, 0.6) is 0 Å². The molecule has 0 unspecified atom stereocenters. The van der Waals surface area contributed by atoms with Gasteiger partial charge in [-0.2, -0.15) is 4.98 Å². The van der Waals surface area contributed by atoms with Crippen molar-refractivity contribution >= 4 is 0 Å². The predicted octanol–water partition coefficient (Wildman–Crippen LogP) is 2.52. The molecule has 0 amide bonds. The van der Waals surface area contributed by atoms with Gasteiger partial charge in [-0.05, 0) is 11.5 Å². The van der Waals surface area contributed by atoms with Gasteiger partial charge in [-0.3, -0.25) is 4.90 Å². The zero-order chi connectivity index (χ0) is 19.0. The third kappa shape index (κ3) is 3.65. The molecule has 3 heterocycles. The van der Waals surface area contributed by atoms with Crippen LogP contribution in [0.2, 0.25) is 0 Å². The van der Waals surface area contributed by atoms with E-state index in [2.05, 4.69) is 46.0 Å². The van der Waals surface area contributed by atoms with Crippen molar-refractivity contribution in [3.8, 4) is 11.4 Å². The molecule has 7 nitrogen and oxygen atoms in total. The van der Waals surface area contributed by atoms with Gasteiger partial charge in [0.15, 0.2) is 0 Å². The van der Waals surface area contributed by atoms with Crippen molar-refractivity contribution in [1.29, 1.82) is 0 Å². The highest BCUT2D eigenvalue weighted by Crippen LogP contribution is 2.26. The van der Waals surface area contributed by atoms with Crippen LogP contribution in [0.4, 0.5) is 0 Å². The third-order valence-electron chi connectivity index (χ3n) is 5.29. The summed E-state index contributed by atoms with van der Waals surface area (Å²) in [5.74, 6) is 3.00. The minimum atomic E-state index is 0.0528. The molecule has 4 rings (SSSR count). The van der Waals surface area contributed by atoms with Gasteiger partial charge in [-0.1, -0.05) is 43.3 Å². The molecule has 2 atom stereocenters. The van der Waals surface area contributed by atoms with E-state index < -0.39 is 0 Å². The normalized spacial score (nSPS) is 20.6. The first-order valence-corrected chi connectivity index (χ1v) is 9.39. The molecule has 2 N–H and O–H groups in total. The van der Waals surface area contributed by atoms with E-state index in [1.165, 1.54) is 5.56 Å². The van der Waals surface area contributed by atoms with E-state index in [1.807, 2.05) is 36.1 Å². The van der Waals surface area contributed by atoms with Gasteiger partial charge in [-0.15, -0.1) is 0 Å². The Hall–Kier alpha value is -2.51. The van der Waals surface area contributed by atoms with Gasteiger partial charge in [-0.25, -0.2) is 4.98 Å². The summed E-state index contributed by atoms with van der Waals surface area (Å²) in [5.41, 5.74) is 8.63. The number of aromatic nitrogens is 4. The molecule has 0 saturated carbocycles. The van der Waals surface area contributed by atoms with Crippen LogP contribution in [0.15, 0.2) is 41.2 Å². The fraction of sp³-hybridized carbons (Fsp3) is 0.450. The molecule has 0 bridgehead atoms. The molecule has 3 aromatic rings. The quantitative estimate of drug-likeness (QED) is 0.747. The minimum absolute atomic E-state index is 0.0528. The molecule has 0 radical (unpaired) electrons. The van der Waals surface area contributed by atoms with Crippen LogP contribution in [-0.2, 0) is 13.6 Å². The molecule has 1 aliphatic rings. The molecular weight excluding hydrogens is 340 g/mol. The van der Waals surface area contributed by atoms with E-state index in [-0.39, 0.29) is 12.0 Å². The summed E-state index contributed by atoms with van der Waals surface area (Å²) < 4.78 is 7.52. The third-order valence-corrected chi connectivity index (χ3v) is 5.29. The number of likely N-dealkylation sites (tertiary alicyclic amines) is 1. The molecule has 1 fully saturated rings. The summed E-state index contributed by atoms with van der Waals surface area (Å²) in [4.78, 5) is 11.3. The lowest BCUT2D eigenvalue weighted by Crippen LogP contribution is -2.29. The number of aryl methyl sites for hydroxylation is 1. The van der Waals surface area contributed by atoms with Crippen LogP contribution in [-0.4, -0.2) is 43.7 Å². The highest BCUT2D eigenvalue weighted by Gasteiger charge is 2.34. The Morgan fingerprint density at radius 3 is 2.67 bits per heavy atom. The van der Waals surface area contributed by atoms with Gasteiger partial charge in [0, 0.05) is 50.1 Å². The first-order valence-electron chi connectivity index (χ1n) is 9.39. The molecule has 27 heavy (non-hydrogen) atoms. The van der Waals surface area contributed by atoms with Crippen LogP contribution >= 0.6 is 0 Å². The number of rotatable bonds is 5. The number of nitrogens with zero attached hydrogens (tertiary/aromatic N) is 5. The lowest BCUT2D eigenvalue weighted by atomic mass is 10.0. The van der Waals surface area contributed by atoms with Crippen LogP contribution < -0.4 is 5.73 Å². The maximum atomic E-state index is 6.36. The van der Waals surface area contributed by atoms with E-state index in [0.717, 1.165) is 24.5 Å². The van der Waals surface area contributed by atoms with Gasteiger partial charge in [0.1, 0.15) is 5.82 Å². The number of nitrogens with two attached hydrogens (primary N) is 1. The van der Waals surface area contributed by atoms with Crippen LogP contribution in [0.1, 0.15) is 43.0 Å². The molecule has 142 valence electrons. The first-order chi connectivity index (χ1) is 13.0. The molecule has 1 saturated heterocycles. The molecule has 0 aliphatic carbocycles. The Morgan fingerprint density at radius 2 is 2.00 bits per heavy atom. The Bertz CT molecular complexity index is 897. The fourth-order valence-corrected chi connectivity index (χ4v) is 3.69. The Labute approximate surface area is 159 Å². The van der Waals surface area contributed by atoms with Crippen molar-refractivity contribution in [3.05, 3.63) is 53.9 Å². The molecule has 7 heteroatoms. The maximum Gasteiger partial charge on any atom is 0.241 e. The second-order valence-electron chi connectivity index (χ2n) is 7.65. The van der Waals surface area contributed by atoms with Crippen molar-refractivity contribution in [2.24, 2.45) is 12.8 Å². The SMILES string of the molecule is CC(C)c1ccc(-c2noc(CN3C[C@@H](N)[C@H](c4nccn4C)C3)n2)cc1. The lowest BCUT2D eigenvalue weighted by Gasteiger charge is -2.14. The van der Waals surface area contributed by atoms with Gasteiger partial charge < -0.3 is 14.8 Å². The van der Waals surface area contributed by atoms with Crippen LogP contribution in [0.3, 0.4) is 0 Å². The van der Waals surface area contributed by atoms with E-state index >= 15 is 0 Å². The van der Waals surface area contributed by atoms with Crippen molar-refractivity contribution in [2.75, 3.05) is 13.1 Å². The first kappa shape index (κ1) is 17.9. The fourth-order valence-electron chi connectivity index (χ4n) is 3.69. The largest absolute Gasteiger partial charge is 0.338 e. The highest BCUT2D eigenvalue weighted by atomic mass is 16.5. The van der Waals surface area contributed by atoms with Crippen molar-refractivity contribution in [3.63, 3.8) is 0 Å². The summed E-state index contributed by atoms with van der Waals surface area (Å²) in [6.07, 6.45) is 3.78. The topological polar surface area (TPSA) is 86.0 Å². The van der Waals surface area contributed by atoms with Crippen LogP contribution in [0.25, 0.3) is 11.4 Å². The number of hydrogen-bond donors (Lipinski definition) is 1. The summed E-state index contributed by atoms with van der Waals surface area (Å²) in [6, 6.07) is 8.39. The molecule has 0 spiro atoms. The molecule has 1 aliphatic heterocycles. The Morgan fingerprint density at radius 1 is 1.22 bits per heavy atom. The summed E-state index contributed by atoms with van der Waals surface area (Å²) in [6.45, 7) is 6.59. The van der Waals surface area contributed by atoms with Crippen molar-refractivity contribution < 1.29 is 4.52 Å². The second-order valence-corrected chi connectivity index (χ2v) is 7.65. The zero-order valence-corrected chi connectivity index (χ0v) is 16.0. The van der Waals surface area contributed by atoms with E-state index in [1.54, 1.807) is 0 Å². The monoisotopic (exact) mass is 366 g/mol. The Balaban J connectivity index is 1.43. The zero-order valence-electron chi connectivity index (χ0n) is 16.0. The average Bonchev–Trinajstić information content (AvgIpc) is 3.36. The van der Waals surface area contributed by atoms with Gasteiger partial charge >= 0.3 is 0 Å². The highest BCUT2D eigenvalue weighted by molar-refractivity contribution is 5.54. The standard InChI is InChI=1S/C20H26N6O/c1-13(2)14-4-6-15(7-5-14)19-23-18(27-24-19)12-26-10-16(17(21)11-26)20-22-8-9-25(20)3/h4-9,13,16-17H,10-12,21H2,1-3H3/t16-,17-/m1/s1. The van der Waals surface area contributed by atoms with Crippen molar-refractivity contribution in [1.82, 2.24) is 24.6 Å². The minimum Gasteiger partial charge on any atom is -0.338 e.